The number of hydrogen-bond donors (Lipinski definition) is 1. The molecule has 0 saturated carbocycles. The van der Waals surface area contributed by atoms with Crippen molar-refractivity contribution in [1.29, 1.82) is 0 Å². The van der Waals surface area contributed by atoms with Crippen LogP contribution in [0.15, 0.2) is 46.4 Å². The molecule has 4 rings (SSSR count). The highest BCUT2D eigenvalue weighted by Crippen LogP contribution is 2.54. The van der Waals surface area contributed by atoms with Crippen LogP contribution in [0, 0.1) is 18.3 Å². The molecule has 0 amide bonds. The lowest BCUT2D eigenvalue weighted by atomic mass is 9.76. The van der Waals surface area contributed by atoms with Crippen molar-refractivity contribution in [2.75, 3.05) is 6.61 Å². The van der Waals surface area contributed by atoms with E-state index in [0.29, 0.717) is 33.9 Å². The number of allylic oxidation sites excluding steroid dienone is 4. The Morgan fingerprint density at radius 1 is 1.23 bits per heavy atom. The van der Waals surface area contributed by atoms with Gasteiger partial charge in [-0.3, -0.25) is 4.79 Å². The van der Waals surface area contributed by atoms with Crippen LogP contribution in [-0.2, 0) is 0 Å². The first kappa shape index (κ1) is 25.1. The van der Waals surface area contributed by atoms with E-state index in [1.807, 2.05) is 33.8 Å². The van der Waals surface area contributed by atoms with Gasteiger partial charge >= 0.3 is 12.1 Å². The van der Waals surface area contributed by atoms with Crippen molar-refractivity contribution >= 4 is 28.7 Å². The number of pyridine rings is 1. The standard InChI is InChI=1S/C26H25ClF3NO4/c1-13-5-6-20(35-12-26(28,29)30)15(7-13)16-8-14-9-21(25(2,3)4)31-11-17(24(33)34)19(32)10-18(31)22(14)23(16)27/h5-8,10-11,14,21H,9,12H2,1-4H3,(H,33,34)/t14?,21-/m1/s1. The second-order valence-electron chi connectivity index (χ2n) is 10.1. The first-order valence-electron chi connectivity index (χ1n) is 11.1. The summed E-state index contributed by atoms with van der Waals surface area (Å²) in [6.07, 6.45) is -0.640. The molecule has 1 unspecified atom stereocenters. The summed E-state index contributed by atoms with van der Waals surface area (Å²) in [5.41, 5.74) is 1.71. The molecule has 1 aliphatic carbocycles. The predicted molar refractivity (Wildman–Crippen MR) is 128 cm³/mol. The topological polar surface area (TPSA) is 68.5 Å². The van der Waals surface area contributed by atoms with Crippen LogP contribution in [-0.4, -0.2) is 28.4 Å². The summed E-state index contributed by atoms with van der Waals surface area (Å²) in [6, 6.07) is 6.02. The van der Waals surface area contributed by atoms with Gasteiger partial charge in [0.1, 0.15) is 11.3 Å². The van der Waals surface area contributed by atoms with Crippen LogP contribution < -0.4 is 10.2 Å². The van der Waals surface area contributed by atoms with E-state index in [9.17, 15) is 27.9 Å². The number of carboxylic acid groups (broad SMARTS) is 1. The second kappa shape index (κ2) is 8.59. The number of halogens is 4. The summed E-state index contributed by atoms with van der Waals surface area (Å²) in [6.45, 7) is 6.47. The van der Waals surface area contributed by atoms with Crippen molar-refractivity contribution < 1.29 is 27.8 Å². The maximum Gasteiger partial charge on any atom is 0.422 e. The van der Waals surface area contributed by atoms with Gasteiger partial charge in [0, 0.05) is 40.9 Å². The summed E-state index contributed by atoms with van der Waals surface area (Å²) in [5, 5.41) is 9.80. The van der Waals surface area contributed by atoms with E-state index in [1.165, 1.54) is 18.3 Å². The molecule has 0 fully saturated rings. The molecule has 0 spiro atoms. The zero-order valence-corrected chi connectivity index (χ0v) is 20.4. The highest BCUT2D eigenvalue weighted by Gasteiger charge is 2.41. The number of carbonyl (C=O) groups is 1. The largest absolute Gasteiger partial charge is 0.483 e. The van der Waals surface area contributed by atoms with Gasteiger partial charge in [-0.2, -0.15) is 13.2 Å². The van der Waals surface area contributed by atoms with Gasteiger partial charge in [-0.15, -0.1) is 0 Å². The quantitative estimate of drug-likeness (QED) is 0.516. The highest BCUT2D eigenvalue weighted by molar-refractivity contribution is 6.41. The Bertz CT molecular complexity index is 1330. The van der Waals surface area contributed by atoms with Crippen LogP contribution in [0.25, 0.3) is 11.1 Å². The molecule has 5 nitrogen and oxygen atoms in total. The molecule has 35 heavy (non-hydrogen) atoms. The average molecular weight is 508 g/mol. The Balaban J connectivity index is 1.89. The van der Waals surface area contributed by atoms with E-state index >= 15 is 0 Å². The molecule has 2 heterocycles. The lowest BCUT2D eigenvalue weighted by Gasteiger charge is -2.41. The number of carboxylic acids is 1. The van der Waals surface area contributed by atoms with E-state index in [0.717, 1.165) is 5.56 Å². The van der Waals surface area contributed by atoms with Crippen molar-refractivity contribution in [2.24, 2.45) is 11.3 Å². The van der Waals surface area contributed by atoms with Gasteiger partial charge in [-0.05, 0) is 30.9 Å². The summed E-state index contributed by atoms with van der Waals surface area (Å²) in [7, 11) is 0. The van der Waals surface area contributed by atoms with Crippen molar-refractivity contribution in [3.8, 4) is 5.75 Å². The predicted octanol–water partition coefficient (Wildman–Crippen LogP) is 6.45. The number of fused-ring (bicyclic) bond motifs is 3. The molecular formula is C26H25ClF3NO4. The number of benzene rings is 1. The number of ether oxygens (including phenoxy) is 1. The molecule has 9 heteroatoms. The molecule has 1 aliphatic heterocycles. The van der Waals surface area contributed by atoms with Crippen LogP contribution in [0.1, 0.15) is 60.4 Å². The van der Waals surface area contributed by atoms with Crippen molar-refractivity contribution in [3.05, 3.63) is 74.2 Å². The smallest absolute Gasteiger partial charge is 0.422 e. The van der Waals surface area contributed by atoms with E-state index in [1.54, 1.807) is 16.7 Å². The van der Waals surface area contributed by atoms with E-state index in [4.69, 9.17) is 16.3 Å². The number of hydrogen-bond acceptors (Lipinski definition) is 3. The lowest BCUT2D eigenvalue weighted by molar-refractivity contribution is -0.153. The van der Waals surface area contributed by atoms with Gasteiger partial charge in [0.2, 0.25) is 0 Å². The fourth-order valence-corrected chi connectivity index (χ4v) is 5.21. The van der Waals surface area contributed by atoms with Crippen molar-refractivity contribution in [2.45, 2.75) is 46.3 Å². The monoisotopic (exact) mass is 507 g/mol. The van der Waals surface area contributed by atoms with Gasteiger partial charge < -0.3 is 14.4 Å². The molecule has 2 aromatic rings. The van der Waals surface area contributed by atoms with Gasteiger partial charge in [-0.25, -0.2) is 4.79 Å². The normalized spacial score (nSPS) is 19.8. The molecule has 2 aliphatic rings. The fourth-order valence-electron chi connectivity index (χ4n) is 4.81. The van der Waals surface area contributed by atoms with Crippen LogP contribution in [0.3, 0.4) is 0 Å². The van der Waals surface area contributed by atoms with E-state index < -0.39 is 24.2 Å². The third-order valence-corrected chi connectivity index (χ3v) is 6.83. The first-order chi connectivity index (χ1) is 16.2. The third-order valence-electron chi connectivity index (χ3n) is 6.43. The number of aromatic carboxylic acids is 1. The molecule has 0 bridgehead atoms. The summed E-state index contributed by atoms with van der Waals surface area (Å²) >= 11 is 6.85. The minimum absolute atomic E-state index is 0.0579. The second-order valence-corrected chi connectivity index (χ2v) is 10.5. The number of nitrogens with zero attached hydrogens (tertiary/aromatic N) is 1. The number of rotatable bonds is 4. The van der Waals surface area contributed by atoms with Gasteiger partial charge in [0.05, 0.1) is 10.7 Å². The minimum atomic E-state index is -4.50. The van der Waals surface area contributed by atoms with Gasteiger partial charge in [0.15, 0.2) is 12.0 Å². The molecule has 2 atom stereocenters. The maximum absolute atomic E-state index is 12.8. The Hall–Kier alpha value is -3.00. The summed E-state index contributed by atoms with van der Waals surface area (Å²) in [5.74, 6) is -1.45. The Kier molecular flexibility index (Phi) is 6.16. The van der Waals surface area contributed by atoms with Crippen LogP contribution in [0.5, 0.6) is 5.75 Å². The highest BCUT2D eigenvalue weighted by atomic mass is 35.5. The van der Waals surface area contributed by atoms with Crippen LogP contribution >= 0.6 is 11.6 Å². The Morgan fingerprint density at radius 3 is 2.51 bits per heavy atom. The third kappa shape index (κ3) is 4.76. The number of aryl methyl sites for hydroxylation is 1. The lowest BCUT2D eigenvalue weighted by Crippen LogP contribution is -2.34. The molecule has 1 aromatic heterocycles. The van der Waals surface area contributed by atoms with Gasteiger partial charge in [0.25, 0.3) is 0 Å². The minimum Gasteiger partial charge on any atom is -0.483 e. The molecule has 186 valence electrons. The molecule has 1 N–H and O–H groups in total. The number of alkyl halides is 3. The fraction of sp³-hybridized carbons (Fsp3) is 0.385. The average Bonchev–Trinajstić information content (AvgIpc) is 3.06. The Labute approximate surface area is 205 Å². The molecule has 0 saturated heterocycles. The maximum atomic E-state index is 12.8. The van der Waals surface area contributed by atoms with E-state index in [-0.39, 0.29) is 28.7 Å². The SMILES string of the molecule is Cc1ccc(OCC(F)(F)F)c(C2=CC3C[C@H](C(C)(C)C)n4cc(C(=O)O)c(=O)cc4C3=C2Cl)c1. The van der Waals surface area contributed by atoms with Crippen LogP contribution in [0.4, 0.5) is 13.2 Å². The summed E-state index contributed by atoms with van der Waals surface area (Å²) < 4.78 is 45.4. The first-order valence-corrected chi connectivity index (χ1v) is 11.5. The molecular weight excluding hydrogens is 483 g/mol. The molecule has 0 radical (unpaired) electrons. The zero-order chi connectivity index (χ0) is 25.9. The van der Waals surface area contributed by atoms with Gasteiger partial charge in [-0.1, -0.05) is 50.1 Å². The van der Waals surface area contributed by atoms with Crippen molar-refractivity contribution in [3.63, 3.8) is 0 Å². The number of aromatic nitrogens is 1. The van der Waals surface area contributed by atoms with E-state index in [2.05, 4.69) is 0 Å². The zero-order valence-electron chi connectivity index (χ0n) is 19.7. The van der Waals surface area contributed by atoms with Crippen molar-refractivity contribution in [1.82, 2.24) is 4.57 Å². The molecule has 1 aromatic carbocycles. The summed E-state index contributed by atoms with van der Waals surface area (Å²) in [4.78, 5) is 24.2. The van der Waals surface area contributed by atoms with Crippen LogP contribution in [0.2, 0.25) is 0 Å². The Morgan fingerprint density at radius 2 is 1.91 bits per heavy atom.